The predicted molar refractivity (Wildman–Crippen MR) is 105 cm³/mol. The van der Waals surface area contributed by atoms with Gasteiger partial charge in [0.15, 0.2) is 6.61 Å². The van der Waals surface area contributed by atoms with E-state index < -0.39 is 10.0 Å². The molecule has 0 aromatic heterocycles. The van der Waals surface area contributed by atoms with E-state index in [2.05, 4.69) is 0 Å². The van der Waals surface area contributed by atoms with Gasteiger partial charge in [-0.2, -0.15) is 4.31 Å². The highest BCUT2D eigenvalue weighted by atomic mass is 32.2. The van der Waals surface area contributed by atoms with E-state index in [0.29, 0.717) is 24.6 Å². The van der Waals surface area contributed by atoms with Crippen molar-refractivity contribution in [2.75, 3.05) is 39.9 Å². The van der Waals surface area contributed by atoms with Crippen molar-refractivity contribution in [2.24, 2.45) is 0 Å². The number of sulfonamides is 1. The fraction of sp³-hybridized carbons (Fsp3) is 0.350. The molecular formula is C20H24N2O5S. The number of hydrogen-bond donors (Lipinski definition) is 0. The number of amides is 1. The minimum atomic E-state index is -3.59. The maximum atomic E-state index is 12.8. The van der Waals surface area contributed by atoms with Gasteiger partial charge in [0.2, 0.25) is 10.0 Å². The Morgan fingerprint density at radius 3 is 2.25 bits per heavy atom. The molecule has 0 radical (unpaired) electrons. The monoisotopic (exact) mass is 404 g/mol. The first kappa shape index (κ1) is 20.2. The molecule has 150 valence electrons. The summed E-state index contributed by atoms with van der Waals surface area (Å²) in [4.78, 5) is 14.3. The van der Waals surface area contributed by atoms with Crippen LogP contribution in [0, 0.1) is 6.92 Å². The number of piperazine rings is 1. The Morgan fingerprint density at radius 1 is 1.00 bits per heavy atom. The van der Waals surface area contributed by atoms with Gasteiger partial charge in [0.25, 0.3) is 5.91 Å². The summed E-state index contributed by atoms with van der Waals surface area (Å²) in [6, 6.07) is 13.8. The van der Waals surface area contributed by atoms with Crippen LogP contribution in [0.5, 0.6) is 11.5 Å². The van der Waals surface area contributed by atoms with Crippen molar-refractivity contribution in [1.29, 1.82) is 0 Å². The second-order valence-electron chi connectivity index (χ2n) is 6.51. The molecular weight excluding hydrogens is 380 g/mol. The number of rotatable bonds is 6. The van der Waals surface area contributed by atoms with Crippen LogP contribution in [0.15, 0.2) is 53.4 Å². The van der Waals surface area contributed by atoms with E-state index in [4.69, 9.17) is 9.47 Å². The first-order chi connectivity index (χ1) is 13.4. The zero-order valence-corrected chi connectivity index (χ0v) is 16.8. The Bertz CT molecular complexity index is 920. The van der Waals surface area contributed by atoms with Gasteiger partial charge in [0.05, 0.1) is 12.0 Å². The fourth-order valence-electron chi connectivity index (χ4n) is 3.02. The number of para-hydroxylation sites is 1. The molecule has 1 heterocycles. The van der Waals surface area contributed by atoms with E-state index in [1.807, 2.05) is 31.2 Å². The summed E-state index contributed by atoms with van der Waals surface area (Å²) in [5.41, 5.74) is 0.964. The lowest BCUT2D eigenvalue weighted by atomic mass is 10.2. The molecule has 1 aliphatic heterocycles. The van der Waals surface area contributed by atoms with Gasteiger partial charge in [-0.1, -0.05) is 18.2 Å². The smallest absolute Gasteiger partial charge is 0.260 e. The number of benzene rings is 2. The maximum Gasteiger partial charge on any atom is 0.260 e. The van der Waals surface area contributed by atoms with Gasteiger partial charge in [-0.05, 0) is 42.8 Å². The third-order valence-electron chi connectivity index (χ3n) is 4.73. The van der Waals surface area contributed by atoms with Crippen LogP contribution in [0.1, 0.15) is 5.56 Å². The standard InChI is InChI=1S/C20H24N2O5S/c1-16-5-3-4-6-19(16)27-15-20(23)21-11-13-22(14-12-21)28(24,25)18-9-7-17(26-2)8-10-18/h3-10H,11-15H2,1-2H3. The van der Waals surface area contributed by atoms with Crippen molar-refractivity contribution in [1.82, 2.24) is 9.21 Å². The molecule has 0 unspecified atom stereocenters. The largest absolute Gasteiger partial charge is 0.497 e. The SMILES string of the molecule is COc1ccc(S(=O)(=O)N2CCN(C(=O)COc3ccccc3C)CC2)cc1. The molecule has 2 aromatic carbocycles. The van der Waals surface area contributed by atoms with Crippen molar-refractivity contribution in [3.63, 3.8) is 0 Å². The highest BCUT2D eigenvalue weighted by Crippen LogP contribution is 2.21. The van der Waals surface area contributed by atoms with E-state index in [0.717, 1.165) is 5.56 Å². The highest BCUT2D eigenvalue weighted by molar-refractivity contribution is 7.89. The molecule has 7 nitrogen and oxygen atoms in total. The van der Waals surface area contributed by atoms with Crippen LogP contribution in [0.2, 0.25) is 0 Å². The zero-order chi connectivity index (χ0) is 20.1. The van der Waals surface area contributed by atoms with Gasteiger partial charge < -0.3 is 14.4 Å². The van der Waals surface area contributed by atoms with Crippen molar-refractivity contribution in [3.8, 4) is 11.5 Å². The summed E-state index contributed by atoms with van der Waals surface area (Å²) in [7, 11) is -2.06. The molecule has 8 heteroatoms. The third kappa shape index (κ3) is 4.45. The third-order valence-corrected chi connectivity index (χ3v) is 6.65. The average Bonchev–Trinajstić information content (AvgIpc) is 2.73. The molecule has 0 atom stereocenters. The fourth-order valence-corrected chi connectivity index (χ4v) is 4.45. The minimum Gasteiger partial charge on any atom is -0.497 e. The molecule has 1 saturated heterocycles. The molecule has 1 aliphatic rings. The Labute approximate surface area is 165 Å². The van der Waals surface area contributed by atoms with Crippen molar-refractivity contribution in [3.05, 3.63) is 54.1 Å². The number of hydrogen-bond acceptors (Lipinski definition) is 5. The van der Waals surface area contributed by atoms with Crippen LogP contribution < -0.4 is 9.47 Å². The molecule has 0 spiro atoms. The summed E-state index contributed by atoms with van der Waals surface area (Å²) in [5.74, 6) is 1.13. The van der Waals surface area contributed by atoms with Crippen LogP contribution in [0.3, 0.4) is 0 Å². The molecule has 3 rings (SSSR count). The van der Waals surface area contributed by atoms with Gasteiger partial charge in [-0.15, -0.1) is 0 Å². The number of ether oxygens (including phenoxy) is 2. The number of carbonyl (C=O) groups excluding carboxylic acids is 1. The van der Waals surface area contributed by atoms with E-state index in [9.17, 15) is 13.2 Å². The zero-order valence-electron chi connectivity index (χ0n) is 16.0. The molecule has 0 aliphatic carbocycles. The van der Waals surface area contributed by atoms with E-state index >= 15 is 0 Å². The van der Waals surface area contributed by atoms with Crippen LogP contribution in [-0.4, -0.2) is 63.4 Å². The Hall–Kier alpha value is -2.58. The van der Waals surface area contributed by atoms with Crippen LogP contribution >= 0.6 is 0 Å². The molecule has 1 amide bonds. The normalized spacial score (nSPS) is 15.3. The number of nitrogens with zero attached hydrogens (tertiary/aromatic N) is 2. The second-order valence-corrected chi connectivity index (χ2v) is 8.45. The van der Waals surface area contributed by atoms with Gasteiger partial charge in [-0.25, -0.2) is 8.42 Å². The number of methoxy groups -OCH3 is 1. The summed E-state index contributed by atoms with van der Waals surface area (Å²) in [6.07, 6.45) is 0. The summed E-state index contributed by atoms with van der Waals surface area (Å²) >= 11 is 0. The average molecular weight is 404 g/mol. The molecule has 2 aromatic rings. The van der Waals surface area contributed by atoms with Crippen LogP contribution in [0.4, 0.5) is 0 Å². The van der Waals surface area contributed by atoms with Crippen molar-refractivity contribution in [2.45, 2.75) is 11.8 Å². The Morgan fingerprint density at radius 2 is 1.64 bits per heavy atom. The first-order valence-electron chi connectivity index (χ1n) is 9.02. The van der Waals surface area contributed by atoms with Crippen molar-refractivity contribution < 1.29 is 22.7 Å². The van der Waals surface area contributed by atoms with Gasteiger partial charge in [0, 0.05) is 26.2 Å². The lowest BCUT2D eigenvalue weighted by molar-refractivity contribution is -0.134. The summed E-state index contributed by atoms with van der Waals surface area (Å²) < 4.78 is 37.6. The molecule has 1 fully saturated rings. The minimum absolute atomic E-state index is 0.0594. The van der Waals surface area contributed by atoms with Crippen molar-refractivity contribution >= 4 is 15.9 Å². The van der Waals surface area contributed by atoms with Gasteiger partial charge in [0.1, 0.15) is 11.5 Å². The highest BCUT2D eigenvalue weighted by Gasteiger charge is 2.30. The van der Waals surface area contributed by atoms with Crippen LogP contribution in [0.25, 0.3) is 0 Å². The quantitative estimate of drug-likeness (QED) is 0.735. The summed E-state index contributed by atoms with van der Waals surface area (Å²) in [5, 5.41) is 0. The van der Waals surface area contributed by atoms with E-state index in [1.54, 1.807) is 17.0 Å². The Balaban J connectivity index is 1.55. The van der Waals surface area contributed by atoms with Gasteiger partial charge in [-0.3, -0.25) is 4.79 Å². The predicted octanol–water partition coefficient (Wildman–Crippen LogP) is 1.92. The molecule has 0 N–H and O–H groups in total. The molecule has 0 bridgehead atoms. The maximum absolute atomic E-state index is 12.8. The number of aryl methyl sites for hydroxylation is 1. The van der Waals surface area contributed by atoms with Crippen LogP contribution in [-0.2, 0) is 14.8 Å². The topological polar surface area (TPSA) is 76.2 Å². The van der Waals surface area contributed by atoms with Gasteiger partial charge >= 0.3 is 0 Å². The van der Waals surface area contributed by atoms with E-state index in [-0.39, 0.29) is 30.5 Å². The first-order valence-corrected chi connectivity index (χ1v) is 10.5. The lowest BCUT2D eigenvalue weighted by Crippen LogP contribution is -2.51. The molecule has 28 heavy (non-hydrogen) atoms. The summed E-state index contributed by atoms with van der Waals surface area (Å²) in [6.45, 7) is 3.05. The lowest BCUT2D eigenvalue weighted by Gasteiger charge is -2.34. The second kappa shape index (κ2) is 8.62. The molecule has 0 saturated carbocycles. The van der Waals surface area contributed by atoms with E-state index in [1.165, 1.54) is 23.5 Å². The Kier molecular flexibility index (Phi) is 6.21. The number of carbonyl (C=O) groups is 1.